The molecular weight excluding hydrogens is 496 g/mol. The maximum Gasteiger partial charge on any atom is 0.427 e. The molecular formula is C25H20ClF6NO2. The highest BCUT2D eigenvalue weighted by atomic mass is 35.5. The predicted octanol–water partition coefficient (Wildman–Crippen LogP) is 8.04. The van der Waals surface area contributed by atoms with Gasteiger partial charge in [0.25, 0.3) is 0 Å². The fraction of sp³-hybridized carbons (Fsp3) is 0.280. The molecule has 0 fully saturated rings. The third kappa shape index (κ3) is 5.78. The SMILES string of the molecule is CCc1cc(Oc2cccc(N3Cc4ccc(C(F)(F)F)cc4O[C@H](C(F)(F)F)C3)c2)ccc1Cl. The van der Waals surface area contributed by atoms with Gasteiger partial charge in [0.05, 0.1) is 12.1 Å². The molecule has 0 spiro atoms. The molecule has 3 aromatic rings. The van der Waals surface area contributed by atoms with E-state index in [0.29, 0.717) is 34.7 Å². The summed E-state index contributed by atoms with van der Waals surface area (Å²) in [6.07, 6.45) is -11.1. The third-order valence-electron chi connectivity index (χ3n) is 5.59. The van der Waals surface area contributed by atoms with Crippen LogP contribution in [0.2, 0.25) is 5.02 Å². The van der Waals surface area contributed by atoms with Gasteiger partial charge in [-0.05, 0) is 54.4 Å². The Hall–Kier alpha value is -3.07. The normalized spacial score (nSPS) is 16.3. The molecule has 0 amide bonds. The number of ether oxygens (including phenoxy) is 2. The molecule has 0 aliphatic carbocycles. The van der Waals surface area contributed by atoms with Crippen molar-refractivity contribution in [2.75, 3.05) is 11.4 Å². The molecule has 0 saturated heterocycles. The van der Waals surface area contributed by atoms with Gasteiger partial charge >= 0.3 is 12.4 Å². The van der Waals surface area contributed by atoms with Gasteiger partial charge in [-0.25, -0.2) is 0 Å². The Morgan fingerprint density at radius 3 is 2.40 bits per heavy atom. The van der Waals surface area contributed by atoms with Gasteiger partial charge in [-0.2, -0.15) is 26.3 Å². The third-order valence-corrected chi connectivity index (χ3v) is 5.96. The highest BCUT2D eigenvalue weighted by Crippen LogP contribution is 2.39. The Labute approximate surface area is 202 Å². The van der Waals surface area contributed by atoms with E-state index < -0.39 is 36.3 Å². The topological polar surface area (TPSA) is 21.7 Å². The molecule has 4 rings (SSSR count). The van der Waals surface area contributed by atoms with Gasteiger partial charge < -0.3 is 14.4 Å². The summed E-state index contributed by atoms with van der Waals surface area (Å²) >= 11 is 6.14. The molecule has 0 saturated carbocycles. The summed E-state index contributed by atoms with van der Waals surface area (Å²) in [7, 11) is 0. The van der Waals surface area contributed by atoms with E-state index in [2.05, 4.69) is 0 Å². The van der Waals surface area contributed by atoms with Crippen LogP contribution in [-0.4, -0.2) is 18.8 Å². The maximum absolute atomic E-state index is 13.7. The van der Waals surface area contributed by atoms with E-state index in [1.54, 1.807) is 42.5 Å². The number of hydrogen-bond donors (Lipinski definition) is 0. The van der Waals surface area contributed by atoms with Crippen molar-refractivity contribution in [3.63, 3.8) is 0 Å². The van der Waals surface area contributed by atoms with E-state index >= 15 is 0 Å². The highest BCUT2D eigenvalue weighted by Gasteiger charge is 2.45. The van der Waals surface area contributed by atoms with Crippen LogP contribution < -0.4 is 14.4 Å². The van der Waals surface area contributed by atoms with Gasteiger partial charge in [-0.15, -0.1) is 0 Å². The molecule has 1 aliphatic rings. The number of aryl methyl sites for hydroxylation is 1. The average molecular weight is 516 g/mol. The molecule has 3 nitrogen and oxygen atoms in total. The summed E-state index contributed by atoms with van der Waals surface area (Å²) < 4.78 is 91.4. The second-order valence-corrected chi connectivity index (χ2v) is 8.46. The van der Waals surface area contributed by atoms with Crippen LogP contribution in [0.25, 0.3) is 0 Å². The number of halogens is 7. The van der Waals surface area contributed by atoms with Crippen LogP contribution in [0, 0.1) is 0 Å². The molecule has 0 radical (unpaired) electrons. The molecule has 1 atom stereocenters. The van der Waals surface area contributed by atoms with Crippen molar-refractivity contribution in [3.8, 4) is 17.2 Å². The lowest BCUT2D eigenvalue weighted by Crippen LogP contribution is -2.43. The van der Waals surface area contributed by atoms with Crippen LogP contribution in [0.3, 0.4) is 0 Å². The fourth-order valence-electron chi connectivity index (χ4n) is 3.76. The zero-order valence-electron chi connectivity index (χ0n) is 18.4. The molecule has 3 aromatic carbocycles. The minimum atomic E-state index is -4.79. The standard InChI is InChI=1S/C25H20ClF6NO2/c1-2-15-10-20(8-9-21(15)26)34-19-5-3-4-18(12-19)33-13-16-6-7-17(24(27,28)29)11-22(16)35-23(14-33)25(30,31)32/h3-12,23H,2,13-14H2,1H3/t23-/m0/s1. The Kier molecular flexibility index (Phi) is 6.81. The minimum absolute atomic E-state index is 0.0789. The number of hydrogen-bond acceptors (Lipinski definition) is 3. The molecule has 1 heterocycles. The van der Waals surface area contributed by atoms with Gasteiger partial charge in [0, 0.05) is 28.9 Å². The van der Waals surface area contributed by atoms with E-state index in [1.807, 2.05) is 6.92 Å². The molecule has 0 unspecified atom stereocenters. The van der Waals surface area contributed by atoms with Crippen molar-refractivity contribution in [1.29, 1.82) is 0 Å². The molecule has 1 aliphatic heterocycles. The lowest BCUT2D eigenvalue weighted by atomic mass is 10.1. The first kappa shape index (κ1) is 25.0. The Bertz CT molecular complexity index is 1210. The van der Waals surface area contributed by atoms with Crippen molar-refractivity contribution < 1.29 is 35.8 Å². The lowest BCUT2D eigenvalue weighted by molar-refractivity contribution is -0.191. The summed E-state index contributed by atoms with van der Waals surface area (Å²) in [5.41, 5.74) is 0.419. The van der Waals surface area contributed by atoms with E-state index in [9.17, 15) is 26.3 Å². The van der Waals surface area contributed by atoms with Crippen LogP contribution in [0.4, 0.5) is 32.0 Å². The number of rotatable bonds is 4. The Morgan fingerprint density at radius 2 is 1.71 bits per heavy atom. The van der Waals surface area contributed by atoms with Crippen molar-refractivity contribution in [3.05, 3.63) is 82.4 Å². The molecule has 186 valence electrons. The molecule has 10 heteroatoms. The van der Waals surface area contributed by atoms with Gasteiger partial charge in [-0.3, -0.25) is 0 Å². The van der Waals surface area contributed by atoms with E-state index in [1.165, 1.54) is 4.90 Å². The quantitative estimate of drug-likeness (QED) is 0.328. The second-order valence-electron chi connectivity index (χ2n) is 8.06. The first-order valence-corrected chi connectivity index (χ1v) is 11.1. The van der Waals surface area contributed by atoms with E-state index in [0.717, 1.165) is 17.7 Å². The fourth-order valence-corrected chi connectivity index (χ4v) is 4.02. The number of benzene rings is 3. The van der Waals surface area contributed by atoms with Crippen LogP contribution in [0.15, 0.2) is 60.7 Å². The number of nitrogens with zero attached hydrogens (tertiary/aromatic N) is 1. The summed E-state index contributed by atoms with van der Waals surface area (Å²) in [6, 6.07) is 14.2. The first-order chi connectivity index (χ1) is 16.4. The average Bonchev–Trinajstić information content (AvgIpc) is 2.99. The minimum Gasteiger partial charge on any atom is -0.479 e. The van der Waals surface area contributed by atoms with Crippen molar-refractivity contribution in [1.82, 2.24) is 0 Å². The number of alkyl halides is 6. The van der Waals surface area contributed by atoms with Crippen molar-refractivity contribution in [2.24, 2.45) is 0 Å². The van der Waals surface area contributed by atoms with Crippen LogP contribution in [0.1, 0.15) is 23.6 Å². The lowest BCUT2D eigenvalue weighted by Gasteiger charge is -2.27. The molecule has 35 heavy (non-hydrogen) atoms. The molecule has 0 N–H and O–H groups in total. The monoisotopic (exact) mass is 515 g/mol. The van der Waals surface area contributed by atoms with Crippen molar-refractivity contribution >= 4 is 17.3 Å². The van der Waals surface area contributed by atoms with Crippen molar-refractivity contribution in [2.45, 2.75) is 38.3 Å². The molecule has 0 aromatic heterocycles. The Balaban J connectivity index is 1.66. The summed E-state index contributed by atoms with van der Waals surface area (Å²) in [5, 5.41) is 0.601. The number of fused-ring (bicyclic) bond motifs is 1. The highest BCUT2D eigenvalue weighted by molar-refractivity contribution is 6.31. The summed E-state index contributed by atoms with van der Waals surface area (Å²) in [5.74, 6) is 0.458. The van der Waals surface area contributed by atoms with Gasteiger partial charge in [-0.1, -0.05) is 30.7 Å². The molecule has 0 bridgehead atoms. The maximum atomic E-state index is 13.7. The van der Waals surface area contributed by atoms with E-state index in [4.69, 9.17) is 21.1 Å². The summed E-state index contributed by atoms with van der Waals surface area (Å²) in [4.78, 5) is 1.41. The largest absolute Gasteiger partial charge is 0.479 e. The van der Waals surface area contributed by atoms with Crippen LogP contribution >= 0.6 is 11.6 Å². The van der Waals surface area contributed by atoms with Gasteiger partial charge in [0.1, 0.15) is 17.2 Å². The van der Waals surface area contributed by atoms with Gasteiger partial charge in [0.2, 0.25) is 6.10 Å². The van der Waals surface area contributed by atoms with E-state index in [-0.39, 0.29) is 12.1 Å². The predicted molar refractivity (Wildman–Crippen MR) is 120 cm³/mol. The zero-order valence-corrected chi connectivity index (χ0v) is 19.1. The zero-order chi connectivity index (χ0) is 25.4. The Morgan fingerprint density at radius 1 is 0.971 bits per heavy atom. The van der Waals surface area contributed by atoms with Crippen LogP contribution in [-0.2, 0) is 19.1 Å². The first-order valence-electron chi connectivity index (χ1n) is 10.7. The second kappa shape index (κ2) is 9.53. The van der Waals surface area contributed by atoms with Gasteiger partial charge in [0.15, 0.2) is 0 Å². The smallest absolute Gasteiger partial charge is 0.427 e. The summed E-state index contributed by atoms with van der Waals surface area (Å²) in [6.45, 7) is 1.26. The number of anilines is 1. The van der Waals surface area contributed by atoms with Crippen LogP contribution in [0.5, 0.6) is 17.2 Å².